The number of nitrogens with one attached hydrogen (secondary N) is 2. The van der Waals surface area contributed by atoms with E-state index in [1.54, 1.807) is 55.6 Å². The van der Waals surface area contributed by atoms with Crippen molar-refractivity contribution in [3.05, 3.63) is 76.2 Å². The normalized spacial score (nSPS) is 12.7. The maximum atomic E-state index is 13.0. The van der Waals surface area contributed by atoms with Crippen molar-refractivity contribution in [2.24, 2.45) is 0 Å². The summed E-state index contributed by atoms with van der Waals surface area (Å²) >= 11 is 3.19. The van der Waals surface area contributed by atoms with Crippen LogP contribution in [0.1, 0.15) is 32.9 Å². The van der Waals surface area contributed by atoms with Crippen molar-refractivity contribution in [1.29, 1.82) is 0 Å². The smallest absolute Gasteiger partial charge is 0.293 e. The predicted octanol–water partition coefficient (Wildman–Crippen LogP) is 4.46. The lowest BCUT2D eigenvalue weighted by molar-refractivity contribution is -0.116. The lowest BCUT2D eigenvalue weighted by Gasteiger charge is -2.20. The van der Waals surface area contributed by atoms with Crippen molar-refractivity contribution < 1.29 is 18.8 Å². The number of aryl methyl sites for hydroxylation is 1. The molecule has 0 spiro atoms. The minimum Gasteiger partial charge on any atom is -0.444 e. The number of rotatable bonds is 4. The van der Waals surface area contributed by atoms with Crippen LogP contribution in [-0.4, -0.2) is 24.8 Å². The van der Waals surface area contributed by atoms with Gasteiger partial charge in [0.05, 0.1) is 11.3 Å². The maximum absolute atomic E-state index is 13.0. The molecule has 1 aliphatic rings. The molecule has 30 heavy (non-hydrogen) atoms. The van der Waals surface area contributed by atoms with Crippen LogP contribution >= 0.6 is 15.9 Å². The van der Waals surface area contributed by atoms with Crippen molar-refractivity contribution >= 4 is 50.7 Å². The van der Waals surface area contributed by atoms with Crippen molar-refractivity contribution in [3.63, 3.8) is 0 Å². The molecule has 2 N–H and O–H groups in total. The van der Waals surface area contributed by atoms with Crippen LogP contribution in [0.5, 0.6) is 0 Å². The third kappa shape index (κ3) is 3.99. The minimum atomic E-state index is -0.370. The molecule has 0 fully saturated rings. The monoisotopic (exact) mass is 467 g/mol. The Labute approximate surface area is 181 Å². The average molecular weight is 468 g/mol. The Balaban J connectivity index is 1.57. The molecule has 0 radical (unpaired) electrons. The number of fused-ring (bicyclic) bond motifs is 1. The molecule has 8 heteroatoms. The maximum Gasteiger partial charge on any atom is 0.293 e. The first-order chi connectivity index (χ1) is 14.4. The number of hydrogen-bond acceptors (Lipinski definition) is 4. The zero-order valence-electron chi connectivity index (χ0n) is 16.1. The fourth-order valence-corrected chi connectivity index (χ4v) is 3.63. The van der Waals surface area contributed by atoms with Crippen LogP contribution < -0.4 is 15.5 Å². The molecule has 0 saturated carbocycles. The lowest BCUT2D eigenvalue weighted by Crippen LogP contribution is -2.28. The van der Waals surface area contributed by atoms with Crippen LogP contribution in [0.3, 0.4) is 0 Å². The molecule has 3 aromatic rings. The van der Waals surface area contributed by atoms with Gasteiger partial charge >= 0.3 is 0 Å². The molecular formula is C22H18BrN3O4. The summed E-state index contributed by atoms with van der Waals surface area (Å²) < 4.78 is 5.79. The topological polar surface area (TPSA) is 91.7 Å². The second-order valence-electron chi connectivity index (χ2n) is 6.86. The zero-order valence-corrected chi connectivity index (χ0v) is 17.7. The molecule has 152 valence electrons. The van der Waals surface area contributed by atoms with Gasteiger partial charge in [0.2, 0.25) is 5.91 Å². The number of amides is 3. The van der Waals surface area contributed by atoms with Crippen LogP contribution in [0.15, 0.2) is 63.7 Å². The summed E-state index contributed by atoms with van der Waals surface area (Å²) in [6.07, 6.45) is 1.04. The summed E-state index contributed by atoms with van der Waals surface area (Å²) in [4.78, 5) is 38.6. The van der Waals surface area contributed by atoms with Crippen molar-refractivity contribution in [2.45, 2.75) is 12.8 Å². The van der Waals surface area contributed by atoms with Gasteiger partial charge in [-0.25, -0.2) is 0 Å². The Morgan fingerprint density at radius 2 is 1.90 bits per heavy atom. The van der Waals surface area contributed by atoms with Crippen LogP contribution in [0.25, 0.3) is 0 Å². The van der Waals surface area contributed by atoms with Crippen molar-refractivity contribution in [3.8, 4) is 0 Å². The number of carbonyl (C=O) groups is 3. The molecule has 1 aliphatic heterocycles. The fourth-order valence-electron chi connectivity index (χ4n) is 3.32. The van der Waals surface area contributed by atoms with Gasteiger partial charge in [-0.1, -0.05) is 12.1 Å². The highest BCUT2D eigenvalue weighted by atomic mass is 79.9. The van der Waals surface area contributed by atoms with E-state index in [0.717, 1.165) is 11.3 Å². The Bertz CT molecular complexity index is 1150. The molecule has 0 bridgehead atoms. The molecule has 2 aromatic carbocycles. The van der Waals surface area contributed by atoms with E-state index in [-0.39, 0.29) is 23.5 Å². The molecule has 0 saturated heterocycles. The SMILES string of the molecule is CN(C(=O)c1ccc(Br)o1)c1ccccc1C(=O)Nc1ccc2c(c1)CCC(=O)N2. The van der Waals surface area contributed by atoms with Gasteiger partial charge in [0.1, 0.15) is 0 Å². The number of anilines is 3. The minimum absolute atomic E-state index is 0.00972. The highest BCUT2D eigenvalue weighted by Gasteiger charge is 2.22. The van der Waals surface area contributed by atoms with Crippen LogP contribution in [0.4, 0.5) is 17.1 Å². The quantitative estimate of drug-likeness (QED) is 0.592. The van der Waals surface area contributed by atoms with Gasteiger partial charge in [0.15, 0.2) is 10.4 Å². The van der Waals surface area contributed by atoms with E-state index in [9.17, 15) is 14.4 Å². The predicted molar refractivity (Wildman–Crippen MR) is 117 cm³/mol. The standard InChI is InChI=1S/C22H18BrN3O4/c1-26(22(29)18-9-10-19(23)30-18)17-5-3-2-4-15(17)21(28)24-14-7-8-16-13(12-14)6-11-20(27)25-16/h2-5,7-10,12H,6,11H2,1H3,(H,24,28)(H,25,27). The Kier molecular flexibility index (Phi) is 5.41. The fraction of sp³-hybridized carbons (Fsp3) is 0.136. The first-order valence-electron chi connectivity index (χ1n) is 9.29. The van der Waals surface area contributed by atoms with Gasteiger partial charge in [-0.3, -0.25) is 14.4 Å². The van der Waals surface area contributed by atoms with Gasteiger partial charge in [0, 0.05) is 24.8 Å². The summed E-state index contributed by atoms with van der Waals surface area (Å²) in [6, 6.07) is 15.4. The van der Waals surface area contributed by atoms with Crippen LogP contribution in [0, 0.1) is 0 Å². The number of carbonyl (C=O) groups excluding carboxylic acids is 3. The number of halogens is 1. The number of furan rings is 1. The molecule has 0 atom stereocenters. The molecule has 2 heterocycles. The molecule has 1 aromatic heterocycles. The Hall–Kier alpha value is -3.39. The van der Waals surface area contributed by atoms with Gasteiger partial charge < -0.3 is 20.0 Å². The molecule has 7 nitrogen and oxygen atoms in total. The van der Waals surface area contributed by atoms with Gasteiger partial charge in [0.25, 0.3) is 11.8 Å². The largest absolute Gasteiger partial charge is 0.444 e. The summed E-state index contributed by atoms with van der Waals surface area (Å²) in [6.45, 7) is 0. The van der Waals surface area contributed by atoms with Gasteiger partial charge in [-0.2, -0.15) is 0 Å². The first-order valence-corrected chi connectivity index (χ1v) is 10.1. The third-order valence-electron chi connectivity index (χ3n) is 4.86. The summed E-state index contributed by atoms with van der Waals surface area (Å²) in [5, 5.41) is 5.69. The third-order valence-corrected chi connectivity index (χ3v) is 5.28. The van der Waals surface area contributed by atoms with E-state index in [0.29, 0.717) is 34.4 Å². The van der Waals surface area contributed by atoms with E-state index < -0.39 is 0 Å². The van der Waals surface area contributed by atoms with Gasteiger partial charge in [-0.05, 0) is 70.4 Å². The summed E-state index contributed by atoms with van der Waals surface area (Å²) in [5.74, 6) is -0.558. The highest BCUT2D eigenvalue weighted by molar-refractivity contribution is 9.10. The second kappa shape index (κ2) is 8.16. The van der Waals surface area contributed by atoms with E-state index in [1.807, 2.05) is 6.07 Å². The van der Waals surface area contributed by atoms with Crippen LogP contribution in [-0.2, 0) is 11.2 Å². The molecule has 4 rings (SSSR count). The van der Waals surface area contributed by atoms with E-state index in [2.05, 4.69) is 26.6 Å². The number of para-hydroxylation sites is 1. The Morgan fingerprint density at radius 3 is 2.67 bits per heavy atom. The van der Waals surface area contributed by atoms with Gasteiger partial charge in [-0.15, -0.1) is 0 Å². The number of nitrogens with zero attached hydrogens (tertiary/aromatic N) is 1. The number of benzene rings is 2. The number of hydrogen-bond donors (Lipinski definition) is 2. The molecular weight excluding hydrogens is 450 g/mol. The summed E-state index contributed by atoms with van der Waals surface area (Å²) in [7, 11) is 1.59. The van der Waals surface area contributed by atoms with Crippen LogP contribution in [0.2, 0.25) is 0 Å². The average Bonchev–Trinajstić information content (AvgIpc) is 3.19. The van der Waals surface area contributed by atoms with E-state index >= 15 is 0 Å². The molecule has 3 amide bonds. The van der Waals surface area contributed by atoms with E-state index in [1.165, 1.54) is 4.90 Å². The van der Waals surface area contributed by atoms with Crippen molar-refractivity contribution in [2.75, 3.05) is 22.6 Å². The zero-order chi connectivity index (χ0) is 21.3. The highest BCUT2D eigenvalue weighted by Crippen LogP contribution is 2.27. The second-order valence-corrected chi connectivity index (χ2v) is 7.64. The Morgan fingerprint density at radius 1 is 1.10 bits per heavy atom. The molecule has 0 aliphatic carbocycles. The first kappa shape index (κ1) is 19.9. The van der Waals surface area contributed by atoms with Crippen molar-refractivity contribution in [1.82, 2.24) is 0 Å². The molecule has 0 unspecified atom stereocenters. The summed E-state index contributed by atoms with van der Waals surface area (Å²) in [5.41, 5.74) is 3.16. The van der Waals surface area contributed by atoms with E-state index in [4.69, 9.17) is 4.42 Å². The lowest BCUT2D eigenvalue weighted by atomic mass is 10.0.